The summed E-state index contributed by atoms with van der Waals surface area (Å²) in [6, 6.07) is 14.3. The van der Waals surface area contributed by atoms with Crippen LogP contribution in [0.2, 0.25) is 0 Å². The summed E-state index contributed by atoms with van der Waals surface area (Å²) >= 11 is 0. The van der Waals surface area contributed by atoms with Gasteiger partial charge in [0.2, 0.25) is 0 Å². The van der Waals surface area contributed by atoms with E-state index in [0.717, 1.165) is 23.0 Å². The minimum absolute atomic E-state index is 0.0514. The molecule has 2 heterocycles. The van der Waals surface area contributed by atoms with Crippen LogP contribution in [-0.2, 0) is 12.7 Å². The lowest BCUT2D eigenvalue weighted by Gasteiger charge is -2.10. The number of carbonyl (C=O) groups is 1. The van der Waals surface area contributed by atoms with Crippen molar-refractivity contribution in [3.05, 3.63) is 101 Å². The molecule has 5 rings (SSSR count). The zero-order valence-corrected chi connectivity index (χ0v) is 18.8. The molecule has 0 spiro atoms. The Morgan fingerprint density at radius 2 is 1.89 bits per heavy atom. The number of halogens is 4. The van der Waals surface area contributed by atoms with Crippen LogP contribution in [0.1, 0.15) is 27.0 Å². The van der Waals surface area contributed by atoms with Gasteiger partial charge in [-0.3, -0.25) is 9.89 Å². The Morgan fingerprint density at radius 3 is 2.65 bits per heavy atom. The second-order valence-electron chi connectivity index (χ2n) is 8.17. The summed E-state index contributed by atoms with van der Waals surface area (Å²) in [5, 5.41) is 23.3. The van der Waals surface area contributed by atoms with Gasteiger partial charge in [0.05, 0.1) is 40.8 Å². The SMILES string of the molecule is N#Cc1ccc(-c2cnn(-c3ccc(CNC(=O)c4ccc5[nH]ncc5c4)c(F)c3)c2)cc1C(F)(F)F. The number of nitriles is 1. The number of rotatable bonds is 5. The lowest BCUT2D eigenvalue weighted by atomic mass is 10.0. The highest BCUT2D eigenvalue weighted by atomic mass is 19.4. The molecule has 184 valence electrons. The molecule has 0 fully saturated rings. The number of hydrogen-bond donors (Lipinski definition) is 2. The molecule has 1 amide bonds. The number of H-pyrrole nitrogens is 1. The van der Waals surface area contributed by atoms with Crippen LogP contribution in [0.5, 0.6) is 0 Å². The van der Waals surface area contributed by atoms with Crippen LogP contribution in [-0.4, -0.2) is 25.9 Å². The molecule has 2 aromatic heterocycles. The highest BCUT2D eigenvalue weighted by molar-refractivity contribution is 5.97. The molecule has 5 aromatic rings. The normalized spacial score (nSPS) is 11.4. The Labute approximate surface area is 207 Å². The number of carbonyl (C=O) groups excluding carboxylic acids is 1. The van der Waals surface area contributed by atoms with Gasteiger partial charge < -0.3 is 5.32 Å². The fourth-order valence-electron chi connectivity index (χ4n) is 3.85. The zero-order valence-electron chi connectivity index (χ0n) is 18.8. The molecule has 7 nitrogen and oxygen atoms in total. The summed E-state index contributed by atoms with van der Waals surface area (Å²) in [5.41, 5.74) is 0.848. The molecule has 2 N–H and O–H groups in total. The first-order valence-electron chi connectivity index (χ1n) is 10.9. The van der Waals surface area contributed by atoms with E-state index in [4.69, 9.17) is 5.26 Å². The molecule has 0 bridgehead atoms. The molecule has 0 atom stereocenters. The minimum Gasteiger partial charge on any atom is -0.348 e. The van der Waals surface area contributed by atoms with Crippen LogP contribution in [0, 0.1) is 17.1 Å². The monoisotopic (exact) mass is 504 g/mol. The Balaban J connectivity index is 1.32. The number of nitrogens with one attached hydrogen (secondary N) is 2. The van der Waals surface area contributed by atoms with Crippen molar-refractivity contribution < 1.29 is 22.4 Å². The fourth-order valence-corrected chi connectivity index (χ4v) is 3.85. The molecule has 3 aromatic carbocycles. The van der Waals surface area contributed by atoms with Gasteiger partial charge in [-0.1, -0.05) is 12.1 Å². The van der Waals surface area contributed by atoms with Crippen LogP contribution >= 0.6 is 0 Å². The van der Waals surface area contributed by atoms with Crippen molar-refractivity contribution in [3.8, 4) is 22.9 Å². The van der Waals surface area contributed by atoms with Gasteiger partial charge in [0.25, 0.3) is 5.91 Å². The second-order valence-corrected chi connectivity index (χ2v) is 8.17. The largest absolute Gasteiger partial charge is 0.417 e. The van der Waals surface area contributed by atoms with Crippen molar-refractivity contribution in [3.63, 3.8) is 0 Å². The van der Waals surface area contributed by atoms with E-state index in [1.807, 2.05) is 0 Å². The van der Waals surface area contributed by atoms with Crippen molar-refractivity contribution in [2.45, 2.75) is 12.7 Å². The molecule has 0 aliphatic carbocycles. The van der Waals surface area contributed by atoms with E-state index >= 15 is 0 Å². The number of amides is 1. The quantitative estimate of drug-likeness (QED) is 0.314. The van der Waals surface area contributed by atoms with Gasteiger partial charge in [-0.25, -0.2) is 9.07 Å². The molecule has 37 heavy (non-hydrogen) atoms. The highest BCUT2D eigenvalue weighted by Crippen LogP contribution is 2.35. The first kappa shape index (κ1) is 23.7. The first-order valence-corrected chi connectivity index (χ1v) is 10.9. The van der Waals surface area contributed by atoms with Crippen LogP contribution in [0.3, 0.4) is 0 Å². The first-order chi connectivity index (χ1) is 17.7. The maximum absolute atomic E-state index is 14.8. The lowest BCUT2D eigenvalue weighted by Crippen LogP contribution is -2.23. The Bertz CT molecular complexity index is 1680. The van der Waals surface area contributed by atoms with Crippen molar-refractivity contribution in [1.82, 2.24) is 25.3 Å². The minimum atomic E-state index is -4.68. The van der Waals surface area contributed by atoms with Crippen LogP contribution in [0.15, 0.2) is 73.2 Å². The average Bonchev–Trinajstić information content (AvgIpc) is 3.56. The van der Waals surface area contributed by atoms with Crippen molar-refractivity contribution in [2.75, 3.05) is 0 Å². The summed E-state index contributed by atoms with van der Waals surface area (Å²) in [5.74, 6) is -0.957. The maximum Gasteiger partial charge on any atom is 0.417 e. The number of fused-ring (bicyclic) bond motifs is 1. The third kappa shape index (κ3) is 4.77. The van der Waals surface area contributed by atoms with E-state index in [2.05, 4.69) is 20.6 Å². The van der Waals surface area contributed by atoms with Crippen molar-refractivity contribution in [1.29, 1.82) is 5.26 Å². The van der Waals surface area contributed by atoms with Gasteiger partial charge >= 0.3 is 6.18 Å². The van der Waals surface area contributed by atoms with E-state index in [1.54, 1.807) is 36.5 Å². The predicted octanol–water partition coefficient (Wildman–Crippen LogP) is 5.38. The molecule has 0 unspecified atom stereocenters. The molecule has 0 saturated heterocycles. The van der Waals surface area contributed by atoms with E-state index in [9.17, 15) is 22.4 Å². The Hall–Kier alpha value is -4.98. The topological polar surface area (TPSA) is 99.4 Å². The second kappa shape index (κ2) is 9.23. The summed E-state index contributed by atoms with van der Waals surface area (Å²) in [4.78, 5) is 12.5. The van der Waals surface area contributed by atoms with Crippen LogP contribution in [0.25, 0.3) is 27.7 Å². The van der Waals surface area contributed by atoms with Crippen LogP contribution in [0.4, 0.5) is 17.6 Å². The predicted molar refractivity (Wildman–Crippen MR) is 126 cm³/mol. The standard InChI is InChI=1S/C26H16F4N6O/c27-23-9-21(5-3-18(23)11-32-25(37)16-4-6-24-19(7-16)12-33-35-24)36-14-20(13-34-36)15-1-2-17(10-31)22(8-15)26(28,29)30/h1-9,12-14H,11H2,(H,32,37)(H,33,35). The van der Waals surface area contributed by atoms with Crippen LogP contribution < -0.4 is 5.32 Å². The summed E-state index contributed by atoms with van der Waals surface area (Å²) in [6.45, 7) is -0.0514. The smallest absolute Gasteiger partial charge is 0.348 e. The van der Waals surface area contributed by atoms with E-state index in [-0.39, 0.29) is 23.6 Å². The summed E-state index contributed by atoms with van der Waals surface area (Å²) in [7, 11) is 0. The Kier molecular flexibility index (Phi) is 5.93. The fraction of sp³-hybridized carbons (Fsp3) is 0.0769. The van der Waals surface area contributed by atoms with E-state index in [1.165, 1.54) is 35.3 Å². The van der Waals surface area contributed by atoms with Gasteiger partial charge in [0.1, 0.15) is 5.82 Å². The van der Waals surface area contributed by atoms with Crippen molar-refractivity contribution in [2.24, 2.45) is 0 Å². The molecule has 0 saturated carbocycles. The van der Waals surface area contributed by atoms with Gasteiger partial charge in [-0.05, 0) is 48.0 Å². The molecular weight excluding hydrogens is 488 g/mol. The zero-order chi connectivity index (χ0) is 26.2. The number of benzene rings is 3. The van der Waals surface area contributed by atoms with Gasteiger partial charge in [0, 0.05) is 34.8 Å². The maximum atomic E-state index is 14.8. The number of aromatic nitrogens is 4. The number of nitrogens with zero attached hydrogens (tertiary/aromatic N) is 4. The van der Waals surface area contributed by atoms with E-state index in [0.29, 0.717) is 16.8 Å². The molecule has 0 radical (unpaired) electrons. The Morgan fingerprint density at radius 1 is 1.05 bits per heavy atom. The third-order valence-corrected chi connectivity index (χ3v) is 5.80. The molecule has 0 aliphatic heterocycles. The summed E-state index contributed by atoms with van der Waals surface area (Å²) in [6.07, 6.45) is -0.270. The number of alkyl halides is 3. The highest BCUT2D eigenvalue weighted by Gasteiger charge is 2.34. The van der Waals surface area contributed by atoms with Gasteiger partial charge in [0.15, 0.2) is 0 Å². The third-order valence-electron chi connectivity index (χ3n) is 5.80. The van der Waals surface area contributed by atoms with E-state index < -0.39 is 23.1 Å². The number of hydrogen-bond acceptors (Lipinski definition) is 4. The summed E-state index contributed by atoms with van der Waals surface area (Å²) < 4.78 is 56.0. The number of aromatic amines is 1. The van der Waals surface area contributed by atoms with Gasteiger partial charge in [-0.2, -0.15) is 28.6 Å². The average molecular weight is 504 g/mol. The van der Waals surface area contributed by atoms with Crippen molar-refractivity contribution >= 4 is 16.8 Å². The molecular formula is C26H16F4N6O. The van der Waals surface area contributed by atoms with Gasteiger partial charge in [-0.15, -0.1) is 0 Å². The lowest BCUT2D eigenvalue weighted by molar-refractivity contribution is -0.137. The molecule has 0 aliphatic rings. The molecule has 11 heteroatoms.